The molecule has 1 aromatic rings. The number of nitrogens with zero attached hydrogens (tertiary/aromatic N) is 3. The summed E-state index contributed by atoms with van der Waals surface area (Å²) in [4.78, 5) is 11.0. The molecule has 1 fully saturated rings. The average molecular weight is 282 g/mol. The molecule has 1 aromatic heterocycles. The van der Waals surface area contributed by atoms with E-state index in [0.29, 0.717) is 24.7 Å². The molecule has 1 aliphatic rings. The molecule has 0 spiro atoms. The second-order valence-electron chi connectivity index (χ2n) is 4.72. The highest BCUT2D eigenvalue weighted by atomic mass is 32.1. The quantitative estimate of drug-likeness (QED) is 0.755. The molecule has 7 heteroatoms. The van der Waals surface area contributed by atoms with E-state index in [0.717, 1.165) is 5.69 Å². The molecule has 104 valence electrons. The summed E-state index contributed by atoms with van der Waals surface area (Å²) >= 11 is 4.96. The normalized spacial score (nSPS) is 23.4. The van der Waals surface area contributed by atoms with Crippen LogP contribution >= 0.6 is 12.2 Å². The Morgan fingerprint density at radius 3 is 2.95 bits per heavy atom. The fraction of sp³-hybridized carbons (Fsp3) is 0.583. The molecule has 0 aliphatic carbocycles. The van der Waals surface area contributed by atoms with Gasteiger partial charge >= 0.3 is 0 Å². The smallest absolute Gasteiger partial charge is 0.226 e. The van der Waals surface area contributed by atoms with Crippen molar-refractivity contribution < 1.29 is 9.84 Å². The monoisotopic (exact) mass is 282 g/mol. The zero-order chi connectivity index (χ0) is 14.0. The van der Waals surface area contributed by atoms with Crippen molar-refractivity contribution in [1.82, 2.24) is 9.97 Å². The van der Waals surface area contributed by atoms with Gasteiger partial charge in [-0.05, 0) is 19.9 Å². The summed E-state index contributed by atoms with van der Waals surface area (Å²) < 4.78 is 5.60. The van der Waals surface area contributed by atoms with Crippen molar-refractivity contribution in [1.29, 1.82) is 0 Å². The predicted molar refractivity (Wildman–Crippen MR) is 76.3 cm³/mol. The van der Waals surface area contributed by atoms with Gasteiger partial charge in [-0.1, -0.05) is 12.2 Å². The third-order valence-corrected chi connectivity index (χ3v) is 3.12. The number of hydrogen-bond acceptors (Lipinski definition) is 6. The van der Waals surface area contributed by atoms with Crippen LogP contribution in [0.15, 0.2) is 6.07 Å². The molecule has 2 heterocycles. The zero-order valence-corrected chi connectivity index (χ0v) is 11.9. The minimum Gasteiger partial charge on any atom is -0.394 e. The fourth-order valence-corrected chi connectivity index (χ4v) is 2.23. The van der Waals surface area contributed by atoms with Crippen molar-refractivity contribution in [3.05, 3.63) is 17.5 Å². The molecule has 2 atom stereocenters. The topological polar surface area (TPSA) is 84.5 Å². The number of nitrogens with two attached hydrogens (primary N) is 1. The summed E-state index contributed by atoms with van der Waals surface area (Å²) in [5.41, 5.74) is 7.00. The summed E-state index contributed by atoms with van der Waals surface area (Å²) in [5, 5.41) is 9.24. The molecule has 19 heavy (non-hydrogen) atoms. The van der Waals surface area contributed by atoms with Crippen LogP contribution < -0.4 is 10.6 Å². The molecule has 1 saturated heterocycles. The predicted octanol–water partition coefficient (Wildman–Crippen LogP) is 0.00522. The number of ether oxygens (including phenoxy) is 1. The highest BCUT2D eigenvalue weighted by Gasteiger charge is 2.26. The van der Waals surface area contributed by atoms with E-state index in [9.17, 15) is 5.11 Å². The number of aromatic nitrogens is 2. The summed E-state index contributed by atoms with van der Waals surface area (Å²) in [7, 11) is 0. The van der Waals surface area contributed by atoms with E-state index in [1.165, 1.54) is 0 Å². The molecule has 0 amide bonds. The first-order chi connectivity index (χ1) is 8.99. The van der Waals surface area contributed by atoms with Crippen LogP contribution in [-0.2, 0) is 4.74 Å². The SMILES string of the molecule is Cc1cc(C(N)=S)nc(N2CC(C)OC(CO)C2)n1. The lowest BCUT2D eigenvalue weighted by Gasteiger charge is -2.36. The van der Waals surface area contributed by atoms with Crippen molar-refractivity contribution >= 4 is 23.2 Å². The highest BCUT2D eigenvalue weighted by Crippen LogP contribution is 2.17. The fourth-order valence-electron chi connectivity index (χ4n) is 2.13. The summed E-state index contributed by atoms with van der Waals surface area (Å²) in [6.07, 6.45) is -0.204. The summed E-state index contributed by atoms with van der Waals surface area (Å²) in [6, 6.07) is 1.76. The van der Waals surface area contributed by atoms with Crippen LogP contribution in [0.5, 0.6) is 0 Å². The van der Waals surface area contributed by atoms with Crippen LogP contribution in [0.3, 0.4) is 0 Å². The molecule has 6 nitrogen and oxygen atoms in total. The van der Waals surface area contributed by atoms with Gasteiger partial charge in [-0.25, -0.2) is 9.97 Å². The first kappa shape index (κ1) is 14.1. The van der Waals surface area contributed by atoms with Crippen molar-refractivity contribution in [3.8, 4) is 0 Å². The highest BCUT2D eigenvalue weighted by molar-refractivity contribution is 7.80. The number of anilines is 1. The molecule has 0 saturated carbocycles. The van der Waals surface area contributed by atoms with Gasteiger partial charge in [-0.3, -0.25) is 0 Å². The van der Waals surface area contributed by atoms with Gasteiger partial charge in [0.2, 0.25) is 5.95 Å². The number of rotatable bonds is 3. The van der Waals surface area contributed by atoms with E-state index in [4.69, 9.17) is 22.7 Å². The van der Waals surface area contributed by atoms with Crippen molar-refractivity contribution in [2.24, 2.45) is 5.73 Å². The third kappa shape index (κ3) is 3.37. The van der Waals surface area contributed by atoms with Gasteiger partial charge in [0.1, 0.15) is 10.7 Å². The van der Waals surface area contributed by atoms with Gasteiger partial charge < -0.3 is 20.5 Å². The molecule has 0 bridgehead atoms. The van der Waals surface area contributed by atoms with Crippen LogP contribution in [-0.4, -0.2) is 52.0 Å². The van der Waals surface area contributed by atoms with Crippen molar-refractivity contribution in [2.45, 2.75) is 26.1 Å². The first-order valence-electron chi connectivity index (χ1n) is 6.16. The molecule has 1 aliphatic heterocycles. The van der Waals surface area contributed by atoms with Gasteiger partial charge in [-0.15, -0.1) is 0 Å². The summed E-state index contributed by atoms with van der Waals surface area (Å²) in [6.45, 7) is 5.05. The van der Waals surface area contributed by atoms with E-state index in [-0.39, 0.29) is 23.8 Å². The number of aliphatic hydroxyl groups is 1. The van der Waals surface area contributed by atoms with E-state index < -0.39 is 0 Å². The van der Waals surface area contributed by atoms with Crippen LogP contribution in [0, 0.1) is 6.92 Å². The van der Waals surface area contributed by atoms with E-state index >= 15 is 0 Å². The second-order valence-corrected chi connectivity index (χ2v) is 5.15. The Labute approximate surface area is 117 Å². The standard InChI is InChI=1S/C12H18N4O2S/c1-7-3-10(11(13)19)15-12(14-7)16-4-8(2)18-9(5-16)6-17/h3,8-9,17H,4-6H2,1-2H3,(H2,13,19). The van der Waals surface area contributed by atoms with Gasteiger partial charge in [0.25, 0.3) is 0 Å². The first-order valence-corrected chi connectivity index (χ1v) is 6.57. The molecule has 0 radical (unpaired) electrons. The van der Waals surface area contributed by atoms with Crippen LogP contribution in [0.1, 0.15) is 18.3 Å². The Kier molecular flexibility index (Phi) is 4.28. The Hall–Kier alpha value is -1.31. The van der Waals surface area contributed by atoms with Gasteiger partial charge in [0.15, 0.2) is 0 Å². The number of hydrogen-bond donors (Lipinski definition) is 2. The van der Waals surface area contributed by atoms with E-state index in [2.05, 4.69) is 9.97 Å². The lowest BCUT2D eigenvalue weighted by molar-refractivity contribution is -0.0425. The Balaban J connectivity index is 2.27. The number of morpholine rings is 1. The number of thiocarbonyl (C=S) groups is 1. The molecule has 0 aromatic carbocycles. The van der Waals surface area contributed by atoms with Gasteiger partial charge in [0, 0.05) is 18.8 Å². The second kappa shape index (κ2) is 5.77. The van der Waals surface area contributed by atoms with Crippen LogP contribution in [0.25, 0.3) is 0 Å². The van der Waals surface area contributed by atoms with Crippen molar-refractivity contribution in [2.75, 3.05) is 24.6 Å². The zero-order valence-electron chi connectivity index (χ0n) is 11.0. The largest absolute Gasteiger partial charge is 0.394 e. The Morgan fingerprint density at radius 2 is 2.32 bits per heavy atom. The lowest BCUT2D eigenvalue weighted by Crippen LogP contribution is -2.48. The summed E-state index contributed by atoms with van der Waals surface area (Å²) in [5.74, 6) is 0.580. The van der Waals surface area contributed by atoms with E-state index in [1.54, 1.807) is 6.07 Å². The lowest BCUT2D eigenvalue weighted by atomic mass is 10.2. The molecule has 2 rings (SSSR count). The average Bonchev–Trinajstić information content (AvgIpc) is 2.37. The minimum absolute atomic E-state index is 0.0169. The van der Waals surface area contributed by atoms with Gasteiger partial charge in [0.05, 0.1) is 18.8 Å². The molecular weight excluding hydrogens is 264 g/mol. The Bertz CT molecular complexity index is 483. The third-order valence-electron chi connectivity index (χ3n) is 2.91. The maximum absolute atomic E-state index is 9.24. The van der Waals surface area contributed by atoms with Gasteiger partial charge in [-0.2, -0.15) is 0 Å². The number of aliphatic hydroxyl groups excluding tert-OH is 1. The van der Waals surface area contributed by atoms with Crippen LogP contribution in [0.4, 0.5) is 5.95 Å². The van der Waals surface area contributed by atoms with Crippen LogP contribution in [0.2, 0.25) is 0 Å². The molecule has 2 unspecified atom stereocenters. The van der Waals surface area contributed by atoms with Crippen molar-refractivity contribution in [3.63, 3.8) is 0 Å². The maximum Gasteiger partial charge on any atom is 0.226 e. The number of aryl methyl sites for hydroxylation is 1. The molecular formula is C12H18N4O2S. The minimum atomic E-state index is -0.221. The van der Waals surface area contributed by atoms with E-state index in [1.807, 2.05) is 18.7 Å². The molecule has 3 N–H and O–H groups in total. The maximum atomic E-state index is 9.24. The Morgan fingerprint density at radius 1 is 1.58 bits per heavy atom.